The minimum absolute atomic E-state index is 0.0607. The van der Waals surface area contributed by atoms with Gasteiger partial charge in [-0.15, -0.1) is 0 Å². The van der Waals surface area contributed by atoms with Crippen molar-refractivity contribution in [1.29, 1.82) is 0 Å². The van der Waals surface area contributed by atoms with Crippen LogP contribution in [-0.4, -0.2) is 23.0 Å². The molecular formula is C13H11FN2O5. The number of hydrogen-bond donors (Lipinski definition) is 1. The Morgan fingerprint density at radius 2 is 2.24 bits per heavy atom. The summed E-state index contributed by atoms with van der Waals surface area (Å²) < 4.78 is 19.1. The molecule has 2 aromatic rings. The number of halogens is 1. The van der Waals surface area contributed by atoms with Crippen molar-refractivity contribution in [3.8, 4) is 0 Å². The largest absolute Gasteiger partial charge is 0.477 e. The van der Waals surface area contributed by atoms with Gasteiger partial charge in [0.1, 0.15) is 11.3 Å². The Labute approximate surface area is 118 Å². The maximum atomic E-state index is 14.0. The average molecular weight is 294 g/mol. The van der Waals surface area contributed by atoms with Gasteiger partial charge in [0.25, 0.3) is 5.69 Å². The van der Waals surface area contributed by atoms with Gasteiger partial charge in [-0.3, -0.25) is 10.1 Å². The number of furan rings is 1. The molecule has 1 heterocycles. The van der Waals surface area contributed by atoms with Crippen molar-refractivity contribution >= 4 is 17.3 Å². The van der Waals surface area contributed by atoms with Crippen LogP contribution in [0.3, 0.4) is 0 Å². The van der Waals surface area contributed by atoms with Gasteiger partial charge in [-0.1, -0.05) is 0 Å². The van der Waals surface area contributed by atoms with Gasteiger partial charge in [0.05, 0.1) is 29.5 Å². The van der Waals surface area contributed by atoms with E-state index < -0.39 is 28.0 Å². The molecule has 0 saturated carbocycles. The zero-order valence-corrected chi connectivity index (χ0v) is 10.9. The van der Waals surface area contributed by atoms with Crippen LogP contribution in [0.15, 0.2) is 34.9 Å². The Balaban J connectivity index is 2.41. The lowest BCUT2D eigenvalue weighted by molar-refractivity contribution is -0.385. The Bertz CT molecular complexity index is 684. The maximum absolute atomic E-state index is 14.0. The van der Waals surface area contributed by atoms with Gasteiger partial charge in [0.2, 0.25) is 0 Å². The third-order valence-electron chi connectivity index (χ3n) is 2.88. The number of carboxylic acid groups (broad SMARTS) is 1. The normalized spacial score (nSPS) is 10.4. The lowest BCUT2D eigenvalue weighted by Gasteiger charge is -2.19. The molecule has 0 saturated heterocycles. The van der Waals surface area contributed by atoms with Crippen LogP contribution in [0, 0.1) is 15.9 Å². The van der Waals surface area contributed by atoms with Crippen molar-refractivity contribution in [3.63, 3.8) is 0 Å². The summed E-state index contributed by atoms with van der Waals surface area (Å²) in [6.45, 7) is 0.195. The lowest BCUT2D eigenvalue weighted by Crippen LogP contribution is -2.18. The zero-order chi connectivity index (χ0) is 15.6. The maximum Gasteiger partial charge on any atom is 0.342 e. The SMILES string of the molecule is CN(Cc1ccco1)c1cc(C(=O)O)c([N+](=O)[O-])cc1F. The minimum atomic E-state index is -1.49. The molecular weight excluding hydrogens is 283 g/mol. The van der Waals surface area contributed by atoms with E-state index in [2.05, 4.69) is 0 Å². The van der Waals surface area contributed by atoms with E-state index in [1.54, 1.807) is 12.1 Å². The molecule has 1 N–H and O–H groups in total. The topological polar surface area (TPSA) is 96.8 Å². The van der Waals surface area contributed by atoms with E-state index in [1.165, 1.54) is 18.2 Å². The Hall–Kier alpha value is -2.90. The number of rotatable bonds is 5. The molecule has 1 aromatic carbocycles. The average Bonchev–Trinajstić information content (AvgIpc) is 2.90. The fraction of sp³-hybridized carbons (Fsp3) is 0.154. The molecule has 2 rings (SSSR count). The van der Waals surface area contributed by atoms with E-state index in [1.807, 2.05) is 0 Å². The summed E-state index contributed by atoms with van der Waals surface area (Å²) in [4.78, 5) is 22.3. The van der Waals surface area contributed by atoms with E-state index in [4.69, 9.17) is 9.52 Å². The van der Waals surface area contributed by atoms with Crippen molar-refractivity contribution in [1.82, 2.24) is 0 Å². The van der Waals surface area contributed by atoms with Crippen molar-refractivity contribution in [2.24, 2.45) is 0 Å². The van der Waals surface area contributed by atoms with Crippen LogP contribution >= 0.6 is 0 Å². The van der Waals surface area contributed by atoms with E-state index >= 15 is 0 Å². The number of carboxylic acids is 1. The predicted octanol–water partition coefficient (Wildman–Crippen LogP) is 2.66. The van der Waals surface area contributed by atoms with E-state index in [0.29, 0.717) is 11.8 Å². The minimum Gasteiger partial charge on any atom is -0.477 e. The molecule has 0 aliphatic rings. The van der Waals surface area contributed by atoms with Gasteiger partial charge >= 0.3 is 5.97 Å². The summed E-state index contributed by atoms with van der Waals surface area (Å²) in [5.74, 6) is -1.82. The Kier molecular flexibility index (Phi) is 3.88. The van der Waals surface area contributed by atoms with Crippen molar-refractivity contribution in [2.75, 3.05) is 11.9 Å². The van der Waals surface area contributed by atoms with Crippen LogP contribution in [-0.2, 0) is 6.54 Å². The van der Waals surface area contributed by atoms with Crippen molar-refractivity contribution in [3.05, 3.63) is 57.8 Å². The quantitative estimate of drug-likeness (QED) is 0.672. The summed E-state index contributed by atoms with van der Waals surface area (Å²) in [7, 11) is 1.53. The van der Waals surface area contributed by atoms with Crippen LogP contribution in [0.5, 0.6) is 0 Å². The molecule has 0 radical (unpaired) electrons. The molecule has 21 heavy (non-hydrogen) atoms. The van der Waals surface area contributed by atoms with Gasteiger partial charge in [-0.2, -0.15) is 0 Å². The highest BCUT2D eigenvalue weighted by atomic mass is 19.1. The number of nitrogens with zero attached hydrogens (tertiary/aromatic N) is 2. The van der Waals surface area contributed by atoms with E-state index in [-0.39, 0.29) is 12.2 Å². The first-order valence-electron chi connectivity index (χ1n) is 5.85. The first-order chi connectivity index (χ1) is 9.90. The van der Waals surface area contributed by atoms with Crippen molar-refractivity contribution in [2.45, 2.75) is 6.54 Å². The summed E-state index contributed by atoms with van der Waals surface area (Å²) in [5.41, 5.74) is -1.41. The lowest BCUT2D eigenvalue weighted by atomic mass is 10.1. The number of carbonyl (C=O) groups is 1. The molecule has 0 atom stereocenters. The molecule has 7 nitrogen and oxygen atoms in total. The number of anilines is 1. The summed E-state index contributed by atoms with van der Waals surface area (Å²) in [5, 5.41) is 19.8. The van der Waals surface area contributed by atoms with Crippen LogP contribution in [0.25, 0.3) is 0 Å². The molecule has 0 bridgehead atoms. The van der Waals surface area contributed by atoms with Crippen LogP contribution in [0.2, 0.25) is 0 Å². The monoisotopic (exact) mass is 294 g/mol. The van der Waals surface area contributed by atoms with E-state index in [9.17, 15) is 19.3 Å². The molecule has 8 heteroatoms. The smallest absolute Gasteiger partial charge is 0.342 e. The summed E-state index contributed by atoms with van der Waals surface area (Å²) in [6.07, 6.45) is 1.46. The van der Waals surface area contributed by atoms with Crippen molar-refractivity contribution < 1.29 is 23.6 Å². The third kappa shape index (κ3) is 2.99. The number of nitro groups is 1. The standard InChI is InChI=1S/C13H11FN2O5/c1-15(7-8-3-2-4-21-8)12-5-9(13(17)18)11(16(19)20)6-10(12)14/h2-6H,7H2,1H3,(H,17,18). The number of hydrogen-bond acceptors (Lipinski definition) is 5. The fourth-order valence-corrected chi connectivity index (χ4v) is 1.89. The molecule has 0 aliphatic heterocycles. The highest BCUT2D eigenvalue weighted by Crippen LogP contribution is 2.29. The van der Waals surface area contributed by atoms with Crippen LogP contribution in [0.4, 0.5) is 15.8 Å². The van der Waals surface area contributed by atoms with Gasteiger partial charge in [-0.25, -0.2) is 9.18 Å². The molecule has 1 aromatic heterocycles. The predicted molar refractivity (Wildman–Crippen MR) is 70.8 cm³/mol. The van der Waals surface area contributed by atoms with Gasteiger partial charge in [0.15, 0.2) is 5.82 Å². The van der Waals surface area contributed by atoms with Gasteiger partial charge in [-0.05, 0) is 18.2 Å². The van der Waals surface area contributed by atoms with E-state index in [0.717, 1.165) is 6.07 Å². The highest BCUT2D eigenvalue weighted by molar-refractivity contribution is 5.93. The Morgan fingerprint density at radius 3 is 2.76 bits per heavy atom. The summed E-state index contributed by atoms with van der Waals surface area (Å²) in [6, 6.07) is 4.89. The van der Waals surface area contributed by atoms with Gasteiger partial charge < -0.3 is 14.4 Å². The number of aromatic carboxylic acids is 1. The first kappa shape index (κ1) is 14.5. The second-order valence-electron chi connectivity index (χ2n) is 4.32. The summed E-state index contributed by atoms with van der Waals surface area (Å²) >= 11 is 0. The first-order valence-corrected chi connectivity index (χ1v) is 5.85. The molecule has 0 amide bonds. The van der Waals surface area contributed by atoms with Crippen LogP contribution < -0.4 is 4.90 Å². The molecule has 0 spiro atoms. The highest BCUT2D eigenvalue weighted by Gasteiger charge is 2.24. The molecule has 0 unspecified atom stereocenters. The fourth-order valence-electron chi connectivity index (χ4n) is 1.89. The molecule has 0 aliphatic carbocycles. The molecule has 110 valence electrons. The van der Waals surface area contributed by atoms with Gasteiger partial charge in [0, 0.05) is 7.05 Å². The second kappa shape index (κ2) is 5.61. The van der Waals surface area contributed by atoms with Crippen LogP contribution in [0.1, 0.15) is 16.1 Å². The molecule has 0 fully saturated rings. The second-order valence-corrected chi connectivity index (χ2v) is 4.32. The number of nitro benzene ring substituents is 1. The third-order valence-corrected chi connectivity index (χ3v) is 2.88. The number of benzene rings is 1. The zero-order valence-electron chi connectivity index (χ0n) is 10.9. The Morgan fingerprint density at radius 1 is 1.52 bits per heavy atom.